The Kier molecular flexibility index (Phi) is 4.53. The molecule has 1 heterocycles. The molecule has 2 nitrogen and oxygen atoms in total. The van der Waals surface area contributed by atoms with Gasteiger partial charge >= 0.3 is 0 Å². The normalized spacial score (nSPS) is 16.1. The molecule has 0 fully saturated rings. The number of aryl methyl sites for hydroxylation is 1. The number of hydrogen-bond donors (Lipinski definition) is 2. The Hall–Kier alpha value is -0.380. The first kappa shape index (κ1) is 13.7. The van der Waals surface area contributed by atoms with Gasteiger partial charge in [-0.25, -0.2) is 0 Å². The van der Waals surface area contributed by atoms with Gasteiger partial charge in [-0.15, -0.1) is 11.3 Å². The fourth-order valence-electron chi connectivity index (χ4n) is 1.39. The highest BCUT2D eigenvalue weighted by Crippen LogP contribution is 2.17. The topological polar surface area (TPSA) is 32.3 Å². The van der Waals surface area contributed by atoms with Gasteiger partial charge < -0.3 is 10.4 Å². The number of aliphatic hydroxyl groups is 1. The molecule has 92 valence electrons. The SMILES string of the molecule is CC(O)(CCc1cccs1)CNC(C)(C)C. The number of rotatable bonds is 5. The summed E-state index contributed by atoms with van der Waals surface area (Å²) >= 11 is 1.76. The third-order valence-electron chi connectivity index (χ3n) is 2.49. The minimum atomic E-state index is -0.628. The molecule has 1 aromatic heterocycles. The lowest BCUT2D eigenvalue weighted by molar-refractivity contribution is 0.0450. The van der Waals surface area contributed by atoms with Gasteiger partial charge in [0.15, 0.2) is 0 Å². The van der Waals surface area contributed by atoms with Crippen LogP contribution in [0.15, 0.2) is 17.5 Å². The van der Waals surface area contributed by atoms with E-state index in [-0.39, 0.29) is 5.54 Å². The second-order valence-corrected chi connectivity index (χ2v) is 6.71. The number of thiophene rings is 1. The molecule has 0 aromatic carbocycles. The van der Waals surface area contributed by atoms with E-state index in [0.29, 0.717) is 6.54 Å². The average Bonchev–Trinajstić information content (AvgIpc) is 2.64. The molecule has 2 N–H and O–H groups in total. The van der Waals surface area contributed by atoms with Crippen LogP contribution < -0.4 is 5.32 Å². The van der Waals surface area contributed by atoms with Gasteiger partial charge in [0.25, 0.3) is 0 Å². The first-order valence-electron chi connectivity index (χ1n) is 5.78. The molecule has 1 atom stereocenters. The molecule has 1 rings (SSSR count). The summed E-state index contributed by atoms with van der Waals surface area (Å²) in [5.41, 5.74) is -0.565. The molecule has 0 spiro atoms. The van der Waals surface area contributed by atoms with Crippen molar-refractivity contribution in [3.63, 3.8) is 0 Å². The van der Waals surface area contributed by atoms with Crippen LogP contribution in [0.4, 0.5) is 0 Å². The van der Waals surface area contributed by atoms with E-state index in [1.165, 1.54) is 4.88 Å². The number of hydrogen-bond acceptors (Lipinski definition) is 3. The molecular weight excluding hydrogens is 218 g/mol. The van der Waals surface area contributed by atoms with Crippen LogP contribution in [0.2, 0.25) is 0 Å². The Morgan fingerprint density at radius 1 is 1.31 bits per heavy atom. The zero-order valence-corrected chi connectivity index (χ0v) is 11.5. The van der Waals surface area contributed by atoms with Crippen molar-refractivity contribution in [2.45, 2.75) is 51.7 Å². The maximum atomic E-state index is 10.2. The van der Waals surface area contributed by atoms with Crippen molar-refractivity contribution in [3.05, 3.63) is 22.4 Å². The second kappa shape index (κ2) is 5.30. The van der Waals surface area contributed by atoms with E-state index in [2.05, 4.69) is 43.6 Å². The number of nitrogens with one attached hydrogen (secondary N) is 1. The molecule has 0 bridgehead atoms. The van der Waals surface area contributed by atoms with Crippen LogP contribution >= 0.6 is 11.3 Å². The molecule has 0 aliphatic rings. The van der Waals surface area contributed by atoms with Gasteiger partial charge in [-0.05, 0) is 52.0 Å². The zero-order valence-electron chi connectivity index (χ0n) is 10.7. The molecule has 0 saturated carbocycles. The Bertz CT molecular complexity index is 298. The summed E-state index contributed by atoms with van der Waals surface area (Å²) in [5, 5.41) is 15.6. The summed E-state index contributed by atoms with van der Waals surface area (Å²) < 4.78 is 0. The van der Waals surface area contributed by atoms with Gasteiger partial charge in [0, 0.05) is 17.0 Å². The molecule has 0 aliphatic heterocycles. The van der Waals surface area contributed by atoms with Crippen molar-refractivity contribution in [1.29, 1.82) is 0 Å². The lowest BCUT2D eigenvalue weighted by Crippen LogP contribution is -2.46. The standard InChI is InChI=1S/C13H23NOS/c1-12(2,3)14-10-13(4,15)8-7-11-6-5-9-16-11/h5-6,9,14-15H,7-8,10H2,1-4H3. The van der Waals surface area contributed by atoms with Crippen molar-refractivity contribution in [3.8, 4) is 0 Å². The van der Waals surface area contributed by atoms with E-state index >= 15 is 0 Å². The Morgan fingerprint density at radius 3 is 2.50 bits per heavy atom. The molecule has 3 heteroatoms. The first-order valence-corrected chi connectivity index (χ1v) is 6.66. The van der Waals surface area contributed by atoms with Crippen molar-refractivity contribution in [2.75, 3.05) is 6.54 Å². The smallest absolute Gasteiger partial charge is 0.0747 e. The third-order valence-corrected chi connectivity index (χ3v) is 3.43. The maximum absolute atomic E-state index is 10.2. The molecular formula is C13H23NOS. The summed E-state index contributed by atoms with van der Waals surface area (Å²) in [4.78, 5) is 1.34. The van der Waals surface area contributed by atoms with Crippen LogP contribution in [0.5, 0.6) is 0 Å². The highest BCUT2D eigenvalue weighted by Gasteiger charge is 2.22. The predicted octanol–water partition coefficient (Wildman–Crippen LogP) is 2.82. The molecule has 1 unspecified atom stereocenters. The summed E-state index contributed by atoms with van der Waals surface area (Å²) in [6, 6.07) is 4.18. The van der Waals surface area contributed by atoms with Gasteiger partial charge in [-0.2, -0.15) is 0 Å². The van der Waals surface area contributed by atoms with E-state index in [0.717, 1.165) is 12.8 Å². The summed E-state index contributed by atoms with van der Waals surface area (Å²) in [7, 11) is 0. The fraction of sp³-hybridized carbons (Fsp3) is 0.692. The van der Waals surface area contributed by atoms with Crippen LogP contribution in [0, 0.1) is 0 Å². The summed E-state index contributed by atoms with van der Waals surface area (Å²) in [6.45, 7) is 8.88. The van der Waals surface area contributed by atoms with Crippen LogP contribution in [0.3, 0.4) is 0 Å². The van der Waals surface area contributed by atoms with Crippen LogP contribution in [-0.2, 0) is 6.42 Å². The highest BCUT2D eigenvalue weighted by molar-refractivity contribution is 7.09. The van der Waals surface area contributed by atoms with Crippen molar-refractivity contribution < 1.29 is 5.11 Å². The van der Waals surface area contributed by atoms with Crippen molar-refractivity contribution in [1.82, 2.24) is 5.32 Å². The van der Waals surface area contributed by atoms with Crippen molar-refractivity contribution in [2.24, 2.45) is 0 Å². The summed E-state index contributed by atoms with van der Waals surface area (Å²) in [6.07, 6.45) is 1.76. The average molecular weight is 241 g/mol. The third kappa shape index (κ3) is 5.64. The predicted molar refractivity (Wildman–Crippen MR) is 71.0 cm³/mol. The maximum Gasteiger partial charge on any atom is 0.0747 e. The molecule has 16 heavy (non-hydrogen) atoms. The molecule has 0 radical (unpaired) electrons. The van der Waals surface area contributed by atoms with Crippen LogP contribution in [-0.4, -0.2) is 22.8 Å². The van der Waals surface area contributed by atoms with Gasteiger partial charge in [0.2, 0.25) is 0 Å². The van der Waals surface area contributed by atoms with E-state index in [1.807, 2.05) is 6.92 Å². The Balaban J connectivity index is 2.34. The zero-order chi connectivity index (χ0) is 12.2. The van der Waals surface area contributed by atoms with Crippen LogP contribution in [0.1, 0.15) is 39.0 Å². The quantitative estimate of drug-likeness (QED) is 0.831. The second-order valence-electron chi connectivity index (χ2n) is 5.68. The Labute approximate surface area is 103 Å². The lowest BCUT2D eigenvalue weighted by atomic mass is 9.98. The van der Waals surface area contributed by atoms with Gasteiger partial charge in [-0.3, -0.25) is 0 Å². The van der Waals surface area contributed by atoms with E-state index < -0.39 is 5.60 Å². The van der Waals surface area contributed by atoms with Gasteiger partial charge in [0.05, 0.1) is 5.60 Å². The lowest BCUT2D eigenvalue weighted by Gasteiger charge is -2.29. The minimum absolute atomic E-state index is 0.0624. The molecule has 1 aromatic rings. The minimum Gasteiger partial charge on any atom is -0.389 e. The largest absolute Gasteiger partial charge is 0.389 e. The molecule has 0 saturated heterocycles. The van der Waals surface area contributed by atoms with E-state index in [4.69, 9.17) is 0 Å². The first-order chi connectivity index (χ1) is 7.29. The monoisotopic (exact) mass is 241 g/mol. The van der Waals surface area contributed by atoms with Crippen molar-refractivity contribution >= 4 is 11.3 Å². The van der Waals surface area contributed by atoms with Gasteiger partial charge in [0.1, 0.15) is 0 Å². The van der Waals surface area contributed by atoms with Gasteiger partial charge in [-0.1, -0.05) is 6.07 Å². The van der Waals surface area contributed by atoms with E-state index in [9.17, 15) is 5.11 Å². The summed E-state index contributed by atoms with van der Waals surface area (Å²) in [5.74, 6) is 0. The highest BCUT2D eigenvalue weighted by atomic mass is 32.1. The Morgan fingerprint density at radius 2 is 2.00 bits per heavy atom. The molecule has 0 amide bonds. The fourth-order valence-corrected chi connectivity index (χ4v) is 2.10. The van der Waals surface area contributed by atoms with Crippen LogP contribution in [0.25, 0.3) is 0 Å². The molecule has 0 aliphatic carbocycles. The van der Waals surface area contributed by atoms with E-state index in [1.54, 1.807) is 11.3 Å². The number of β-amino-alcohol motifs (C(OH)–C–C–N with tert-alkyl or cyclic N) is 1.